The lowest BCUT2D eigenvalue weighted by atomic mass is 10.1. The first-order valence-corrected chi connectivity index (χ1v) is 10.3. The average Bonchev–Trinajstić information content (AvgIpc) is 3.21. The predicted molar refractivity (Wildman–Crippen MR) is 90.4 cm³/mol. The number of likely N-dealkylation sites (tertiary alicyclic amines) is 1. The van der Waals surface area contributed by atoms with E-state index in [2.05, 4.69) is 9.46 Å². The van der Waals surface area contributed by atoms with Crippen molar-refractivity contribution in [1.29, 1.82) is 0 Å². The van der Waals surface area contributed by atoms with Crippen molar-refractivity contribution in [3.63, 3.8) is 0 Å². The van der Waals surface area contributed by atoms with Gasteiger partial charge < -0.3 is 9.64 Å². The monoisotopic (exact) mass is 406 g/mol. The van der Waals surface area contributed by atoms with E-state index in [0.717, 1.165) is 49.9 Å². The molecule has 10 heteroatoms. The maximum absolute atomic E-state index is 12.3. The summed E-state index contributed by atoms with van der Waals surface area (Å²) in [5, 5.41) is 0. The van der Waals surface area contributed by atoms with E-state index in [1.165, 1.54) is 0 Å². The number of sulfonamides is 1. The lowest BCUT2D eigenvalue weighted by molar-refractivity contribution is -0.274. The molecule has 0 radical (unpaired) electrons. The van der Waals surface area contributed by atoms with E-state index < -0.39 is 22.1 Å². The van der Waals surface area contributed by atoms with Crippen molar-refractivity contribution < 1.29 is 31.1 Å². The third-order valence-corrected chi connectivity index (χ3v) is 6.37. The minimum atomic E-state index is -4.83. The van der Waals surface area contributed by atoms with Crippen LogP contribution in [0.3, 0.4) is 0 Å². The first-order chi connectivity index (χ1) is 12.6. The Balaban J connectivity index is 1.56. The molecule has 150 valence electrons. The van der Waals surface area contributed by atoms with Gasteiger partial charge in [-0.3, -0.25) is 4.79 Å². The van der Waals surface area contributed by atoms with Crippen LogP contribution in [0, 0.1) is 5.92 Å². The van der Waals surface area contributed by atoms with Crippen molar-refractivity contribution >= 4 is 15.9 Å². The van der Waals surface area contributed by atoms with E-state index in [-0.39, 0.29) is 29.3 Å². The number of carbonyl (C=O) groups is 1. The first-order valence-electron chi connectivity index (χ1n) is 8.79. The van der Waals surface area contributed by atoms with Gasteiger partial charge in [0.15, 0.2) is 0 Å². The summed E-state index contributed by atoms with van der Waals surface area (Å²) in [7, 11) is -3.88. The maximum atomic E-state index is 12.3. The van der Waals surface area contributed by atoms with Crippen molar-refractivity contribution in [2.45, 2.75) is 49.4 Å². The van der Waals surface area contributed by atoms with Crippen LogP contribution in [0.1, 0.15) is 32.1 Å². The Morgan fingerprint density at radius 1 is 1.15 bits per heavy atom. The fraction of sp³-hybridized carbons (Fsp3) is 0.588. The van der Waals surface area contributed by atoms with Crippen LogP contribution in [-0.2, 0) is 14.8 Å². The van der Waals surface area contributed by atoms with E-state index in [1.54, 1.807) is 0 Å². The Hall–Kier alpha value is -1.81. The van der Waals surface area contributed by atoms with Crippen molar-refractivity contribution in [3.8, 4) is 5.75 Å². The number of ether oxygens (including phenoxy) is 1. The van der Waals surface area contributed by atoms with Crippen LogP contribution in [0.4, 0.5) is 13.2 Å². The molecule has 0 unspecified atom stereocenters. The van der Waals surface area contributed by atoms with E-state index >= 15 is 0 Å². The van der Waals surface area contributed by atoms with E-state index in [9.17, 15) is 26.4 Å². The molecule has 0 bridgehead atoms. The second kappa shape index (κ2) is 7.67. The number of halogens is 3. The molecule has 1 N–H and O–H groups in total. The Morgan fingerprint density at radius 3 is 2.37 bits per heavy atom. The zero-order valence-corrected chi connectivity index (χ0v) is 15.4. The minimum Gasteiger partial charge on any atom is -0.406 e. The van der Waals surface area contributed by atoms with E-state index in [1.807, 2.05) is 4.90 Å². The van der Waals surface area contributed by atoms with Crippen LogP contribution in [0.2, 0.25) is 0 Å². The molecule has 1 saturated carbocycles. The number of nitrogens with zero attached hydrogens (tertiary/aromatic N) is 1. The molecule has 1 aliphatic heterocycles. The number of carbonyl (C=O) groups excluding carboxylic acids is 1. The summed E-state index contributed by atoms with van der Waals surface area (Å²) in [4.78, 5) is 13.9. The van der Waals surface area contributed by atoms with Crippen LogP contribution < -0.4 is 9.46 Å². The number of rotatable bonds is 6. The van der Waals surface area contributed by atoms with Crippen LogP contribution in [-0.4, -0.2) is 44.7 Å². The fourth-order valence-corrected chi connectivity index (χ4v) is 4.76. The van der Waals surface area contributed by atoms with Crippen molar-refractivity contribution in [1.82, 2.24) is 9.62 Å². The van der Waals surface area contributed by atoms with Crippen LogP contribution in [0.25, 0.3) is 0 Å². The lowest BCUT2D eigenvalue weighted by Crippen LogP contribution is -2.36. The van der Waals surface area contributed by atoms with Crippen molar-refractivity contribution in [2.24, 2.45) is 5.92 Å². The Labute approximate surface area is 155 Å². The van der Waals surface area contributed by atoms with Gasteiger partial charge in [0.2, 0.25) is 15.9 Å². The molecular weight excluding hydrogens is 385 g/mol. The van der Waals surface area contributed by atoms with Crippen molar-refractivity contribution in [2.75, 3.05) is 13.1 Å². The molecule has 2 fully saturated rings. The summed E-state index contributed by atoms with van der Waals surface area (Å²) in [5.41, 5.74) is 0. The summed E-state index contributed by atoms with van der Waals surface area (Å²) < 4.78 is 67.3. The molecule has 27 heavy (non-hydrogen) atoms. The van der Waals surface area contributed by atoms with Crippen LogP contribution >= 0.6 is 0 Å². The van der Waals surface area contributed by atoms with E-state index in [0.29, 0.717) is 13.0 Å². The number of hydrogen-bond acceptors (Lipinski definition) is 4. The van der Waals surface area contributed by atoms with Gasteiger partial charge >= 0.3 is 6.36 Å². The number of amides is 1. The largest absolute Gasteiger partial charge is 0.573 e. The lowest BCUT2D eigenvalue weighted by Gasteiger charge is -2.24. The van der Waals surface area contributed by atoms with Gasteiger partial charge in [0.05, 0.1) is 4.90 Å². The third-order valence-electron chi connectivity index (χ3n) is 4.93. The topological polar surface area (TPSA) is 75.7 Å². The molecule has 2 aliphatic rings. The Bertz CT molecular complexity index is 774. The molecule has 1 amide bonds. The molecule has 0 spiro atoms. The molecule has 1 heterocycles. The van der Waals surface area contributed by atoms with Crippen LogP contribution in [0.5, 0.6) is 5.75 Å². The molecule has 1 aromatic rings. The van der Waals surface area contributed by atoms with Gasteiger partial charge in [-0.2, -0.15) is 0 Å². The molecule has 6 nitrogen and oxygen atoms in total. The van der Waals surface area contributed by atoms with Gasteiger partial charge in [-0.15, -0.1) is 13.2 Å². The number of alkyl halides is 3. The predicted octanol–water partition coefficient (Wildman–Crippen LogP) is 2.65. The second-order valence-electron chi connectivity index (χ2n) is 6.93. The second-order valence-corrected chi connectivity index (χ2v) is 8.69. The third kappa shape index (κ3) is 5.13. The van der Waals surface area contributed by atoms with Gasteiger partial charge in [-0.05, 0) is 43.0 Å². The molecule has 1 saturated heterocycles. The highest BCUT2D eigenvalue weighted by Crippen LogP contribution is 2.29. The highest BCUT2D eigenvalue weighted by molar-refractivity contribution is 7.89. The Morgan fingerprint density at radius 2 is 1.78 bits per heavy atom. The molecule has 0 aromatic heterocycles. The molecule has 1 aliphatic carbocycles. The summed E-state index contributed by atoms with van der Waals surface area (Å²) in [6.07, 6.45) is -0.317. The standard InChI is InChI=1S/C17H21F3N2O4S/c18-17(19,20)26-14-5-7-15(8-6-14)27(24,25)21-10-12-9-16(23)22(11-12)13-3-1-2-4-13/h5-8,12-13,21H,1-4,9-11H2/t12-/m1/s1. The number of hydrogen-bond donors (Lipinski definition) is 1. The summed E-state index contributed by atoms with van der Waals surface area (Å²) in [6.45, 7) is 0.641. The normalized spacial score (nSPS) is 21.8. The number of nitrogens with one attached hydrogen (secondary N) is 1. The zero-order chi connectivity index (χ0) is 19.7. The Kier molecular flexibility index (Phi) is 5.66. The van der Waals surface area contributed by atoms with Gasteiger partial charge in [0.1, 0.15) is 5.75 Å². The molecular formula is C17H21F3N2O4S. The van der Waals surface area contributed by atoms with Gasteiger partial charge in [-0.25, -0.2) is 13.1 Å². The zero-order valence-electron chi connectivity index (χ0n) is 14.5. The van der Waals surface area contributed by atoms with Gasteiger partial charge in [0.25, 0.3) is 0 Å². The van der Waals surface area contributed by atoms with Gasteiger partial charge in [0, 0.05) is 25.6 Å². The SMILES string of the molecule is O=C1C[C@H](CNS(=O)(=O)c2ccc(OC(F)(F)F)cc2)CN1C1CCCC1. The summed E-state index contributed by atoms with van der Waals surface area (Å²) in [6, 6.07) is 4.26. The van der Waals surface area contributed by atoms with Crippen molar-refractivity contribution in [3.05, 3.63) is 24.3 Å². The van der Waals surface area contributed by atoms with Gasteiger partial charge in [-0.1, -0.05) is 12.8 Å². The highest BCUT2D eigenvalue weighted by Gasteiger charge is 2.36. The first kappa shape index (κ1) is 19.9. The molecule has 1 atom stereocenters. The fourth-order valence-electron chi connectivity index (χ4n) is 3.65. The van der Waals surface area contributed by atoms with Crippen LogP contribution in [0.15, 0.2) is 29.2 Å². The summed E-state index contributed by atoms with van der Waals surface area (Å²) in [5.74, 6) is -0.546. The maximum Gasteiger partial charge on any atom is 0.573 e. The number of benzene rings is 1. The van der Waals surface area contributed by atoms with E-state index in [4.69, 9.17) is 0 Å². The smallest absolute Gasteiger partial charge is 0.406 e. The molecule has 3 rings (SSSR count). The highest BCUT2D eigenvalue weighted by atomic mass is 32.2. The summed E-state index contributed by atoms with van der Waals surface area (Å²) >= 11 is 0. The minimum absolute atomic E-state index is 0.0553. The quantitative estimate of drug-likeness (QED) is 0.788. The molecule has 1 aromatic carbocycles. The average molecular weight is 406 g/mol.